The van der Waals surface area contributed by atoms with Crippen LogP contribution in [0.4, 0.5) is 0 Å². The molecule has 3 rings (SSSR count). The van der Waals surface area contributed by atoms with Crippen molar-refractivity contribution >= 4 is 28.6 Å². The van der Waals surface area contributed by atoms with Crippen LogP contribution in [0.15, 0.2) is 0 Å². The predicted molar refractivity (Wildman–Crippen MR) is 86.5 cm³/mol. The maximum atomic E-state index is 12.3. The van der Waals surface area contributed by atoms with Crippen LogP contribution in [-0.2, 0) is 6.42 Å². The van der Waals surface area contributed by atoms with E-state index in [1.54, 1.807) is 11.3 Å². The van der Waals surface area contributed by atoms with Crippen LogP contribution in [0.2, 0.25) is 0 Å². The minimum absolute atomic E-state index is 0.00262. The Morgan fingerprint density at radius 1 is 1.24 bits per heavy atom. The molecule has 2 aromatic rings. The molecule has 1 N–H and O–H groups in total. The van der Waals surface area contributed by atoms with Gasteiger partial charge in [-0.25, -0.2) is 9.97 Å². The molecule has 1 aliphatic rings. The van der Waals surface area contributed by atoms with Gasteiger partial charge in [-0.2, -0.15) is 0 Å². The van der Waals surface area contributed by atoms with Crippen molar-refractivity contribution < 1.29 is 4.79 Å². The van der Waals surface area contributed by atoms with Crippen LogP contribution >= 0.6 is 22.7 Å². The molecule has 2 aromatic heterocycles. The molecular formula is C15H19N3OS2. The van der Waals surface area contributed by atoms with E-state index in [4.69, 9.17) is 0 Å². The van der Waals surface area contributed by atoms with Crippen LogP contribution in [0, 0.1) is 20.8 Å². The zero-order valence-electron chi connectivity index (χ0n) is 12.5. The fourth-order valence-electron chi connectivity index (χ4n) is 2.87. The third-order valence-electron chi connectivity index (χ3n) is 3.80. The fourth-order valence-corrected chi connectivity index (χ4v) is 4.77. The standard InChI is InChI=1S/C15H19N3OS2/c1-8-14(21-9(2)17-8)15(19)16-7-11-5-4-6-12-13(11)18-10(3)20-12/h11H,4-7H2,1-3H3,(H,16,19). The zero-order chi connectivity index (χ0) is 15.0. The molecule has 1 aliphatic carbocycles. The molecule has 112 valence electrons. The lowest BCUT2D eigenvalue weighted by Crippen LogP contribution is -2.29. The first-order valence-corrected chi connectivity index (χ1v) is 8.86. The molecule has 21 heavy (non-hydrogen) atoms. The van der Waals surface area contributed by atoms with Gasteiger partial charge in [-0.3, -0.25) is 4.79 Å². The van der Waals surface area contributed by atoms with Gasteiger partial charge in [-0.15, -0.1) is 22.7 Å². The second-order valence-corrected chi connectivity index (χ2v) is 7.98. The number of fused-ring (bicyclic) bond motifs is 1. The van der Waals surface area contributed by atoms with Gasteiger partial charge in [-0.1, -0.05) is 0 Å². The minimum Gasteiger partial charge on any atom is -0.351 e. The second kappa shape index (κ2) is 5.85. The van der Waals surface area contributed by atoms with Crippen LogP contribution in [0.1, 0.15) is 54.7 Å². The van der Waals surface area contributed by atoms with E-state index >= 15 is 0 Å². The number of thiazole rings is 2. The molecule has 0 saturated carbocycles. The van der Waals surface area contributed by atoms with Crippen LogP contribution in [-0.4, -0.2) is 22.4 Å². The summed E-state index contributed by atoms with van der Waals surface area (Å²) >= 11 is 3.26. The SMILES string of the molecule is Cc1nc2c(s1)CCCC2CNC(=O)c1sc(C)nc1C. The number of rotatable bonds is 3. The third-order valence-corrected chi connectivity index (χ3v) is 5.91. The van der Waals surface area contributed by atoms with Crippen molar-refractivity contribution in [2.75, 3.05) is 6.54 Å². The number of nitrogens with zero attached hydrogens (tertiary/aromatic N) is 2. The summed E-state index contributed by atoms with van der Waals surface area (Å²) in [6.45, 7) is 6.55. The number of carbonyl (C=O) groups excluding carboxylic acids is 1. The Hall–Kier alpha value is -1.27. The highest BCUT2D eigenvalue weighted by molar-refractivity contribution is 7.13. The Bertz CT molecular complexity index is 675. The van der Waals surface area contributed by atoms with E-state index in [0.717, 1.165) is 33.4 Å². The highest BCUT2D eigenvalue weighted by Crippen LogP contribution is 2.34. The van der Waals surface area contributed by atoms with Crippen LogP contribution < -0.4 is 5.32 Å². The second-order valence-electron chi connectivity index (χ2n) is 5.49. The van der Waals surface area contributed by atoms with Crippen molar-refractivity contribution in [1.82, 2.24) is 15.3 Å². The molecule has 1 amide bonds. The summed E-state index contributed by atoms with van der Waals surface area (Å²) in [5.74, 6) is 0.356. The lowest BCUT2D eigenvalue weighted by Gasteiger charge is -2.21. The van der Waals surface area contributed by atoms with Gasteiger partial charge >= 0.3 is 0 Å². The molecule has 4 nitrogen and oxygen atoms in total. The Morgan fingerprint density at radius 3 is 2.71 bits per heavy atom. The monoisotopic (exact) mass is 321 g/mol. The minimum atomic E-state index is -0.00262. The van der Waals surface area contributed by atoms with E-state index in [9.17, 15) is 4.79 Å². The Labute approximate surface area is 132 Å². The van der Waals surface area contributed by atoms with Crippen LogP contribution in [0.3, 0.4) is 0 Å². The lowest BCUT2D eigenvalue weighted by atomic mass is 9.91. The molecule has 0 aromatic carbocycles. The van der Waals surface area contributed by atoms with E-state index in [-0.39, 0.29) is 5.91 Å². The summed E-state index contributed by atoms with van der Waals surface area (Å²) in [6.07, 6.45) is 3.43. The molecule has 1 atom stereocenters. The largest absolute Gasteiger partial charge is 0.351 e. The normalized spacial score (nSPS) is 17.6. The molecule has 0 fully saturated rings. The summed E-state index contributed by atoms with van der Waals surface area (Å²) in [5.41, 5.74) is 2.03. The Morgan fingerprint density at radius 2 is 2.00 bits per heavy atom. The maximum absolute atomic E-state index is 12.3. The highest BCUT2D eigenvalue weighted by atomic mass is 32.1. The van der Waals surface area contributed by atoms with E-state index in [2.05, 4.69) is 22.2 Å². The van der Waals surface area contributed by atoms with E-state index in [1.165, 1.54) is 28.3 Å². The van der Waals surface area contributed by atoms with Crippen molar-refractivity contribution in [3.63, 3.8) is 0 Å². The first-order valence-electron chi connectivity index (χ1n) is 7.23. The number of carbonyl (C=O) groups is 1. The van der Waals surface area contributed by atoms with Gasteiger partial charge in [0.2, 0.25) is 0 Å². The molecule has 0 bridgehead atoms. The Kier molecular flexibility index (Phi) is 4.08. The van der Waals surface area contributed by atoms with Crippen molar-refractivity contribution in [2.24, 2.45) is 0 Å². The number of aryl methyl sites for hydroxylation is 4. The number of hydrogen-bond acceptors (Lipinski definition) is 5. The first-order chi connectivity index (χ1) is 10.0. The van der Waals surface area contributed by atoms with Gasteiger partial charge < -0.3 is 5.32 Å². The summed E-state index contributed by atoms with van der Waals surface area (Å²) in [4.78, 5) is 23.4. The topological polar surface area (TPSA) is 54.9 Å². The summed E-state index contributed by atoms with van der Waals surface area (Å²) < 4.78 is 0. The van der Waals surface area contributed by atoms with Gasteiger partial charge in [0.1, 0.15) is 4.88 Å². The van der Waals surface area contributed by atoms with Gasteiger partial charge in [0.05, 0.1) is 21.4 Å². The van der Waals surface area contributed by atoms with E-state index in [1.807, 2.05) is 13.8 Å². The molecule has 0 saturated heterocycles. The van der Waals surface area contributed by atoms with Gasteiger partial charge in [0.15, 0.2) is 0 Å². The summed E-state index contributed by atoms with van der Waals surface area (Å²) in [6, 6.07) is 0. The van der Waals surface area contributed by atoms with E-state index < -0.39 is 0 Å². The summed E-state index contributed by atoms with van der Waals surface area (Å²) in [5, 5.41) is 5.14. The number of nitrogens with one attached hydrogen (secondary N) is 1. The molecule has 0 radical (unpaired) electrons. The highest BCUT2D eigenvalue weighted by Gasteiger charge is 2.25. The molecule has 0 aliphatic heterocycles. The maximum Gasteiger partial charge on any atom is 0.263 e. The number of amides is 1. The van der Waals surface area contributed by atoms with Crippen molar-refractivity contribution in [2.45, 2.75) is 46.0 Å². The average molecular weight is 321 g/mol. The van der Waals surface area contributed by atoms with Gasteiger partial charge in [0.25, 0.3) is 5.91 Å². The quantitative estimate of drug-likeness (QED) is 0.943. The molecule has 0 spiro atoms. The number of hydrogen-bond donors (Lipinski definition) is 1. The van der Waals surface area contributed by atoms with Crippen molar-refractivity contribution in [3.05, 3.63) is 31.2 Å². The average Bonchev–Trinajstić information content (AvgIpc) is 2.97. The van der Waals surface area contributed by atoms with E-state index in [0.29, 0.717) is 12.5 Å². The molecule has 2 heterocycles. The van der Waals surface area contributed by atoms with Crippen molar-refractivity contribution in [1.29, 1.82) is 0 Å². The van der Waals surface area contributed by atoms with Crippen LogP contribution in [0.25, 0.3) is 0 Å². The fraction of sp³-hybridized carbons (Fsp3) is 0.533. The van der Waals surface area contributed by atoms with Crippen molar-refractivity contribution in [3.8, 4) is 0 Å². The Balaban J connectivity index is 1.68. The van der Waals surface area contributed by atoms with Gasteiger partial charge in [-0.05, 0) is 40.0 Å². The van der Waals surface area contributed by atoms with Gasteiger partial charge in [0, 0.05) is 17.3 Å². The third kappa shape index (κ3) is 3.01. The smallest absolute Gasteiger partial charge is 0.263 e. The zero-order valence-corrected chi connectivity index (χ0v) is 14.2. The predicted octanol–water partition coefficient (Wildman–Crippen LogP) is 3.37. The lowest BCUT2D eigenvalue weighted by molar-refractivity contribution is 0.0953. The molecular weight excluding hydrogens is 302 g/mol. The molecule has 1 unspecified atom stereocenters. The number of aromatic nitrogens is 2. The summed E-state index contributed by atoms with van der Waals surface area (Å²) in [7, 11) is 0. The van der Waals surface area contributed by atoms with Crippen LogP contribution in [0.5, 0.6) is 0 Å². The first kappa shape index (κ1) is 14.7. The molecule has 6 heteroatoms.